The Hall–Kier alpha value is -3.02. The molecule has 0 heterocycles. The van der Waals surface area contributed by atoms with Gasteiger partial charge in [-0.05, 0) is 73.2 Å². The van der Waals surface area contributed by atoms with Crippen LogP contribution in [0.1, 0.15) is 28.4 Å². The molecule has 3 aromatic rings. The van der Waals surface area contributed by atoms with Gasteiger partial charge in [-0.3, -0.25) is 4.79 Å². The monoisotopic (exact) mass is 428 g/mol. The Labute approximate surface area is 178 Å². The number of phenols is 1. The molecular formula is C22H18Cl2N2O3. The largest absolute Gasteiger partial charge is 0.508 e. The zero-order valence-corrected chi connectivity index (χ0v) is 17.0. The van der Waals surface area contributed by atoms with Gasteiger partial charge in [0.15, 0.2) is 0 Å². The van der Waals surface area contributed by atoms with Crippen LogP contribution in [0.3, 0.4) is 0 Å². The number of rotatable bonds is 6. The summed E-state index contributed by atoms with van der Waals surface area (Å²) >= 11 is 12.0. The summed E-state index contributed by atoms with van der Waals surface area (Å²) in [5.41, 5.74) is 5.20. The number of phenolic OH excluding ortho intramolecular Hbond substituents is 1. The van der Waals surface area contributed by atoms with Crippen molar-refractivity contribution >= 4 is 34.8 Å². The van der Waals surface area contributed by atoms with Gasteiger partial charge < -0.3 is 9.84 Å². The van der Waals surface area contributed by atoms with Crippen LogP contribution in [0.2, 0.25) is 10.0 Å². The van der Waals surface area contributed by atoms with Crippen molar-refractivity contribution in [2.45, 2.75) is 13.5 Å². The maximum Gasteiger partial charge on any atom is 0.271 e. The predicted octanol–water partition coefficient (Wildman–Crippen LogP) is 5.43. The number of hydrogen-bond acceptors (Lipinski definition) is 4. The van der Waals surface area contributed by atoms with E-state index in [1.807, 2.05) is 0 Å². The van der Waals surface area contributed by atoms with Crippen molar-refractivity contribution in [2.75, 3.05) is 0 Å². The van der Waals surface area contributed by atoms with Crippen LogP contribution in [0, 0.1) is 0 Å². The van der Waals surface area contributed by atoms with Gasteiger partial charge >= 0.3 is 0 Å². The van der Waals surface area contributed by atoms with E-state index in [0.717, 1.165) is 11.1 Å². The molecule has 0 aromatic heterocycles. The zero-order valence-electron chi connectivity index (χ0n) is 15.5. The summed E-state index contributed by atoms with van der Waals surface area (Å²) in [6.07, 6.45) is 0. The Balaban J connectivity index is 1.58. The van der Waals surface area contributed by atoms with E-state index >= 15 is 0 Å². The van der Waals surface area contributed by atoms with Gasteiger partial charge in [-0.1, -0.05) is 29.3 Å². The first-order chi connectivity index (χ1) is 13.9. The molecule has 0 spiro atoms. The summed E-state index contributed by atoms with van der Waals surface area (Å²) in [6, 6.07) is 18.5. The van der Waals surface area contributed by atoms with Crippen molar-refractivity contribution in [2.24, 2.45) is 5.10 Å². The fourth-order valence-electron chi connectivity index (χ4n) is 2.47. The topological polar surface area (TPSA) is 70.9 Å². The highest BCUT2D eigenvalue weighted by atomic mass is 35.5. The summed E-state index contributed by atoms with van der Waals surface area (Å²) < 4.78 is 5.71. The van der Waals surface area contributed by atoms with E-state index < -0.39 is 0 Å². The summed E-state index contributed by atoms with van der Waals surface area (Å²) in [7, 11) is 0. The van der Waals surface area contributed by atoms with E-state index in [1.165, 1.54) is 0 Å². The van der Waals surface area contributed by atoms with Crippen LogP contribution in [0.25, 0.3) is 0 Å². The quantitative estimate of drug-likeness (QED) is 0.405. The Kier molecular flexibility index (Phi) is 6.75. The van der Waals surface area contributed by atoms with E-state index in [1.54, 1.807) is 73.7 Å². The first-order valence-electron chi connectivity index (χ1n) is 8.73. The smallest absolute Gasteiger partial charge is 0.271 e. The van der Waals surface area contributed by atoms with Gasteiger partial charge in [0, 0.05) is 21.2 Å². The molecule has 3 aromatic carbocycles. The Morgan fingerprint density at radius 3 is 2.31 bits per heavy atom. The highest BCUT2D eigenvalue weighted by Gasteiger charge is 2.07. The molecular weight excluding hydrogens is 411 g/mol. The highest BCUT2D eigenvalue weighted by molar-refractivity contribution is 6.35. The van der Waals surface area contributed by atoms with Crippen molar-refractivity contribution in [1.82, 2.24) is 5.43 Å². The molecule has 5 nitrogen and oxygen atoms in total. The fraction of sp³-hybridized carbons (Fsp3) is 0.0909. The average Bonchev–Trinajstić information content (AvgIpc) is 2.72. The number of hydrogen-bond donors (Lipinski definition) is 2. The van der Waals surface area contributed by atoms with Crippen molar-refractivity contribution < 1.29 is 14.6 Å². The predicted molar refractivity (Wildman–Crippen MR) is 115 cm³/mol. The van der Waals surface area contributed by atoms with Gasteiger partial charge in [0.25, 0.3) is 5.91 Å². The molecule has 0 aliphatic rings. The van der Waals surface area contributed by atoms with E-state index in [-0.39, 0.29) is 18.3 Å². The van der Waals surface area contributed by atoms with Crippen LogP contribution in [-0.4, -0.2) is 16.7 Å². The molecule has 0 atom stereocenters. The number of halogens is 2. The van der Waals surface area contributed by atoms with Gasteiger partial charge in [0.1, 0.15) is 18.1 Å². The van der Waals surface area contributed by atoms with Crippen LogP contribution in [0.4, 0.5) is 0 Å². The first-order valence-corrected chi connectivity index (χ1v) is 9.49. The molecule has 0 aliphatic heterocycles. The van der Waals surface area contributed by atoms with Crippen LogP contribution < -0.4 is 10.2 Å². The first kappa shape index (κ1) is 20.7. The molecule has 3 rings (SSSR count). The maximum atomic E-state index is 12.3. The Bertz CT molecular complexity index is 1030. The second kappa shape index (κ2) is 9.45. The average molecular weight is 429 g/mol. The summed E-state index contributed by atoms with van der Waals surface area (Å²) in [5, 5.41) is 14.5. The molecule has 0 saturated carbocycles. The molecule has 0 bridgehead atoms. The molecule has 0 radical (unpaired) electrons. The molecule has 0 fully saturated rings. The van der Waals surface area contributed by atoms with Crippen LogP contribution in [0.5, 0.6) is 11.5 Å². The summed E-state index contributed by atoms with van der Waals surface area (Å²) in [6.45, 7) is 2.06. The molecule has 0 unspecified atom stereocenters. The molecule has 7 heteroatoms. The fourth-order valence-corrected chi connectivity index (χ4v) is 2.93. The van der Waals surface area contributed by atoms with Gasteiger partial charge in [-0.2, -0.15) is 5.10 Å². The van der Waals surface area contributed by atoms with Gasteiger partial charge in [-0.25, -0.2) is 5.43 Å². The standard InChI is InChI=1S/C22H18Cl2N2O3/c1-14(15-3-8-19(27)9-4-15)25-26-22(28)16-5-10-20(11-6-16)29-13-17-2-7-18(23)12-21(17)24/h2-12,27H,13H2,1H3,(H,26,28)/b25-14-. The Morgan fingerprint density at radius 2 is 1.66 bits per heavy atom. The minimum Gasteiger partial charge on any atom is -0.508 e. The summed E-state index contributed by atoms with van der Waals surface area (Å²) in [4.78, 5) is 12.3. The molecule has 148 valence electrons. The van der Waals surface area contributed by atoms with Gasteiger partial charge in [0.05, 0.1) is 5.71 Å². The number of aromatic hydroxyl groups is 1. The van der Waals surface area contributed by atoms with Crippen LogP contribution >= 0.6 is 23.2 Å². The lowest BCUT2D eigenvalue weighted by atomic mass is 10.1. The number of benzene rings is 3. The molecule has 2 N–H and O–H groups in total. The van der Waals surface area contributed by atoms with E-state index in [9.17, 15) is 9.90 Å². The van der Waals surface area contributed by atoms with Crippen molar-refractivity contribution in [3.05, 3.63) is 93.5 Å². The second-order valence-corrected chi connectivity index (χ2v) is 7.08. The highest BCUT2D eigenvalue weighted by Crippen LogP contribution is 2.23. The van der Waals surface area contributed by atoms with Crippen molar-refractivity contribution in [1.29, 1.82) is 0 Å². The van der Waals surface area contributed by atoms with Crippen molar-refractivity contribution in [3.63, 3.8) is 0 Å². The van der Waals surface area contributed by atoms with Crippen LogP contribution in [-0.2, 0) is 6.61 Å². The van der Waals surface area contributed by atoms with Crippen molar-refractivity contribution in [3.8, 4) is 11.5 Å². The third-order valence-electron chi connectivity index (χ3n) is 4.14. The van der Waals surface area contributed by atoms with E-state index in [0.29, 0.717) is 27.1 Å². The number of nitrogens with one attached hydrogen (secondary N) is 1. The second-order valence-electron chi connectivity index (χ2n) is 6.23. The molecule has 1 amide bonds. The van der Waals surface area contributed by atoms with Gasteiger partial charge in [0.2, 0.25) is 0 Å². The lowest BCUT2D eigenvalue weighted by Crippen LogP contribution is -2.19. The normalized spacial score (nSPS) is 11.2. The number of carbonyl (C=O) groups is 1. The lowest BCUT2D eigenvalue weighted by molar-refractivity contribution is 0.0955. The van der Waals surface area contributed by atoms with Gasteiger partial charge in [-0.15, -0.1) is 0 Å². The SMILES string of the molecule is C/C(=N/NC(=O)c1ccc(OCc2ccc(Cl)cc2Cl)cc1)c1ccc(O)cc1. The van der Waals surface area contributed by atoms with Crippen LogP contribution in [0.15, 0.2) is 71.8 Å². The number of carbonyl (C=O) groups excluding carboxylic acids is 1. The number of amides is 1. The molecule has 29 heavy (non-hydrogen) atoms. The van der Waals surface area contributed by atoms with E-state index in [2.05, 4.69) is 10.5 Å². The minimum absolute atomic E-state index is 0.172. The lowest BCUT2D eigenvalue weighted by Gasteiger charge is -2.09. The number of nitrogens with zero attached hydrogens (tertiary/aromatic N) is 1. The third kappa shape index (κ3) is 5.73. The van der Waals surface area contributed by atoms with E-state index in [4.69, 9.17) is 27.9 Å². The summed E-state index contributed by atoms with van der Waals surface area (Å²) in [5.74, 6) is 0.443. The Morgan fingerprint density at radius 1 is 1.00 bits per heavy atom. The molecule has 0 saturated heterocycles. The number of ether oxygens (including phenoxy) is 1. The third-order valence-corrected chi connectivity index (χ3v) is 4.72. The minimum atomic E-state index is -0.338. The maximum absolute atomic E-state index is 12.3. The number of hydrazone groups is 1. The zero-order chi connectivity index (χ0) is 20.8. The molecule has 0 aliphatic carbocycles.